The molecule has 1 N–H and O–H groups in total. The lowest BCUT2D eigenvalue weighted by atomic mass is 9.85. The first-order valence-corrected chi connectivity index (χ1v) is 6.02. The summed E-state index contributed by atoms with van der Waals surface area (Å²) in [6.45, 7) is 2.86. The molecule has 0 amide bonds. The van der Waals surface area contributed by atoms with Crippen molar-refractivity contribution in [3.05, 3.63) is 23.9 Å². The highest BCUT2D eigenvalue weighted by molar-refractivity contribution is 5.38. The summed E-state index contributed by atoms with van der Waals surface area (Å²) in [5.41, 5.74) is 0.876. The van der Waals surface area contributed by atoms with Crippen molar-refractivity contribution in [3.8, 4) is 0 Å². The largest absolute Gasteiger partial charge is 0.389 e. The van der Waals surface area contributed by atoms with E-state index in [1.54, 1.807) is 13.1 Å². The second kappa shape index (κ2) is 4.83. The Morgan fingerprint density at radius 1 is 1.50 bits per heavy atom. The molecule has 1 heterocycles. The monoisotopic (exact) mass is 220 g/mol. The van der Waals surface area contributed by atoms with Gasteiger partial charge in [0.25, 0.3) is 0 Å². The van der Waals surface area contributed by atoms with Crippen molar-refractivity contribution < 1.29 is 5.11 Å². The fourth-order valence-corrected chi connectivity index (χ4v) is 2.03. The lowest BCUT2D eigenvalue weighted by molar-refractivity contribution is 0.199. The smallest absolute Gasteiger partial charge is 0.128 e. The van der Waals surface area contributed by atoms with Crippen molar-refractivity contribution in [3.63, 3.8) is 0 Å². The highest BCUT2D eigenvalue weighted by Crippen LogP contribution is 2.28. The van der Waals surface area contributed by atoms with Crippen LogP contribution in [0, 0.1) is 5.92 Å². The van der Waals surface area contributed by atoms with E-state index in [-0.39, 0.29) is 0 Å². The number of hydrogen-bond donors (Lipinski definition) is 1. The van der Waals surface area contributed by atoms with E-state index >= 15 is 0 Å². The number of aliphatic hydroxyl groups is 1. The number of anilines is 1. The fourth-order valence-electron chi connectivity index (χ4n) is 2.03. The van der Waals surface area contributed by atoms with Crippen molar-refractivity contribution in [2.24, 2.45) is 5.92 Å². The van der Waals surface area contributed by atoms with Crippen molar-refractivity contribution in [2.75, 3.05) is 18.5 Å². The summed E-state index contributed by atoms with van der Waals surface area (Å²) >= 11 is 0. The van der Waals surface area contributed by atoms with Gasteiger partial charge < -0.3 is 10.0 Å². The molecule has 16 heavy (non-hydrogen) atoms. The van der Waals surface area contributed by atoms with E-state index in [1.807, 2.05) is 12.1 Å². The maximum absolute atomic E-state index is 9.39. The predicted octanol–water partition coefficient (Wildman–Crippen LogP) is 2.37. The average molecular weight is 220 g/mol. The van der Waals surface area contributed by atoms with Crippen LogP contribution in [0.5, 0.6) is 0 Å². The molecule has 1 unspecified atom stereocenters. The zero-order valence-electron chi connectivity index (χ0n) is 10.1. The highest BCUT2D eigenvalue weighted by atomic mass is 16.3. The number of nitrogens with zero attached hydrogens (tertiary/aromatic N) is 2. The predicted molar refractivity (Wildman–Crippen MR) is 65.5 cm³/mol. The molecule has 1 aromatic rings. The molecule has 1 atom stereocenters. The van der Waals surface area contributed by atoms with Gasteiger partial charge in [-0.05, 0) is 37.3 Å². The van der Waals surface area contributed by atoms with E-state index in [9.17, 15) is 5.11 Å². The van der Waals surface area contributed by atoms with Gasteiger partial charge >= 0.3 is 0 Å². The van der Waals surface area contributed by atoms with Gasteiger partial charge in [0.05, 0.1) is 6.10 Å². The van der Waals surface area contributed by atoms with Gasteiger partial charge in [-0.15, -0.1) is 0 Å². The quantitative estimate of drug-likeness (QED) is 0.846. The van der Waals surface area contributed by atoms with Crippen LogP contribution in [0.15, 0.2) is 18.3 Å². The summed E-state index contributed by atoms with van der Waals surface area (Å²) in [6.07, 6.45) is 5.43. The van der Waals surface area contributed by atoms with Gasteiger partial charge in [-0.25, -0.2) is 4.98 Å². The summed E-state index contributed by atoms with van der Waals surface area (Å²) < 4.78 is 0. The Kier molecular flexibility index (Phi) is 3.44. The molecule has 1 aliphatic rings. The van der Waals surface area contributed by atoms with E-state index in [1.165, 1.54) is 19.3 Å². The van der Waals surface area contributed by atoms with E-state index < -0.39 is 6.10 Å². The Bertz CT molecular complexity index is 330. The van der Waals surface area contributed by atoms with E-state index in [0.29, 0.717) is 0 Å². The summed E-state index contributed by atoms with van der Waals surface area (Å²) in [7, 11) is 2.09. The second-order valence-electron chi connectivity index (χ2n) is 4.80. The van der Waals surface area contributed by atoms with Crippen LogP contribution in [0.3, 0.4) is 0 Å². The third-order valence-corrected chi connectivity index (χ3v) is 3.40. The van der Waals surface area contributed by atoms with Crippen molar-refractivity contribution in [2.45, 2.75) is 32.3 Å². The first-order valence-electron chi connectivity index (χ1n) is 6.02. The van der Waals surface area contributed by atoms with Crippen molar-refractivity contribution >= 4 is 5.82 Å². The Hall–Kier alpha value is -1.09. The zero-order chi connectivity index (χ0) is 11.5. The molecule has 1 aliphatic carbocycles. The molecule has 3 nitrogen and oxygen atoms in total. The van der Waals surface area contributed by atoms with Crippen LogP contribution in [0.2, 0.25) is 0 Å². The lowest BCUT2D eigenvalue weighted by Gasteiger charge is -2.30. The molecule has 2 rings (SSSR count). The maximum Gasteiger partial charge on any atom is 0.128 e. The molecule has 0 aromatic carbocycles. The Morgan fingerprint density at radius 3 is 2.69 bits per heavy atom. The van der Waals surface area contributed by atoms with Crippen LogP contribution < -0.4 is 4.90 Å². The van der Waals surface area contributed by atoms with Crippen molar-refractivity contribution in [1.29, 1.82) is 0 Å². The van der Waals surface area contributed by atoms with E-state index in [2.05, 4.69) is 16.9 Å². The van der Waals surface area contributed by atoms with Gasteiger partial charge in [-0.3, -0.25) is 0 Å². The maximum atomic E-state index is 9.39. The normalized spacial score (nSPS) is 17.9. The van der Waals surface area contributed by atoms with Crippen molar-refractivity contribution in [1.82, 2.24) is 4.98 Å². The third-order valence-electron chi connectivity index (χ3n) is 3.40. The van der Waals surface area contributed by atoms with Gasteiger partial charge in [0, 0.05) is 19.8 Å². The van der Waals surface area contributed by atoms with Gasteiger partial charge in [0.2, 0.25) is 0 Å². The van der Waals surface area contributed by atoms with Crippen LogP contribution in [0.4, 0.5) is 5.82 Å². The molecule has 1 aromatic heterocycles. The molecular formula is C13H20N2O. The third kappa shape index (κ3) is 2.53. The topological polar surface area (TPSA) is 36.4 Å². The molecule has 1 fully saturated rings. The second-order valence-corrected chi connectivity index (χ2v) is 4.80. The number of aromatic nitrogens is 1. The van der Waals surface area contributed by atoms with E-state index in [0.717, 1.165) is 23.8 Å². The van der Waals surface area contributed by atoms with Gasteiger partial charge in [0.15, 0.2) is 0 Å². The minimum absolute atomic E-state index is 0.432. The Morgan fingerprint density at radius 2 is 2.25 bits per heavy atom. The Balaban J connectivity index is 1.97. The van der Waals surface area contributed by atoms with Crippen LogP contribution in [0.25, 0.3) is 0 Å². The van der Waals surface area contributed by atoms with Crippen LogP contribution in [-0.2, 0) is 0 Å². The highest BCUT2D eigenvalue weighted by Gasteiger charge is 2.19. The molecule has 3 heteroatoms. The first kappa shape index (κ1) is 11.4. The number of rotatable bonds is 4. The molecule has 0 radical (unpaired) electrons. The molecule has 0 saturated heterocycles. The molecule has 0 aliphatic heterocycles. The minimum Gasteiger partial charge on any atom is -0.389 e. The Labute approximate surface area is 97.1 Å². The number of pyridine rings is 1. The van der Waals surface area contributed by atoms with Gasteiger partial charge in [-0.2, -0.15) is 0 Å². The van der Waals surface area contributed by atoms with E-state index in [4.69, 9.17) is 0 Å². The molecule has 0 spiro atoms. The molecular weight excluding hydrogens is 200 g/mol. The van der Waals surface area contributed by atoms with Crippen LogP contribution in [-0.4, -0.2) is 23.7 Å². The first-order chi connectivity index (χ1) is 7.66. The van der Waals surface area contributed by atoms with Crippen LogP contribution >= 0.6 is 0 Å². The zero-order valence-corrected chi connectivity index (χ0v) is 10.1. The summed E-state index contributed by atoms with van der Waals surface area (Å²) in [4.78, 5) is 6.58. The average Bonchev–Trinajstić information content (AvgIpc) is 2.23. The molecule has 0 bridgehead atoms. The van der Waals surface area contributed by atoms with Crippen LogP contribution in [0.1, 0.15) is 37.9 Å². The van der Waals surface area contributed by atoms with Gasteiger partial charge in [0.1, 0.15) is 5.82 Å². The number of aliphatic hydroxyl groups excluding tert-OH is 1. The summed E-state index contributed by atoms with van der Waals surface area (Å²) in [6, 6.07) is 3.94. The standard InChI is InChI=1S/C13H20N2O/c1-10(16)12-6-7-13(14-8-12)15(2)9-11-4-3-5-11/h6-8,10-11,16H,3-5,9H2,1-2H3. The SMILES string of the molecule is CC(O)c1ccc(N(C)CC2CCC2)nc1. The molecule has 88 valence electrons. The van der Waals surface area contributed by atoms with Gasteiger partial charge in [-0.1, -0.05) is 12.5 Å². The summed E-state index contributed by atoms with van der Waals surface area (Å²) in [5, 5.41) is 9.39. The lowest BCUT2D eigenvalue weighted by Crippen LogP contribution is -2.29. The fraction of sp³-hybridized carbons (Fsp3) is 0.615. The minimum atomic E-state index is -0.432. The molecule has 1 saturated carbocycles. The number of hydrogen-bond acceptors (Lipinski definition) is 3. The summed E-state index contributed by atoms with van der Waals surface area (Å²) in [5.74, 6) is 1.85.